The van der Waals surface area contributed by atoms with E-state index in [-0.39, 0.29) is 5.76 Å². The molecule has 2 aromatic rings. The first-order chi connectivity index (χ1) is 10.2. The van der Waals surface area contributed by atoms with Crippen molar-refractivity contribution in [1.82, 2.24) is 9.88 Å². The Bertz CT molecular complexity index is 665. The number of oxazole rings is 1. The number of aromatic nitrogens is 1. The van der Waals surface area contributed by atoms with Crippen LogP contribution in [0.15, 0.2) is 27.4 Å². The fourth-order valence-corrected chi connectivity index (χ4v) is 3.55. The SMILES string of the molecule is CNC(CCC1CCCC1)c1ccc2c(c1)oc(=O)n2C. The lowest BCUT2D eigenvalue weighted by atomic mass is 9.95. The third-order valence-electron chi connectivity index (χ3n) is 4.91. The molecule has 1 fully saturated rings. The minimum Gasteiger partial charge on any atom is -0.408 e. The molecule has 1 aliphatic carbocycles. The number of aryl methyl sites for hydroxylation is 1. The molecule has 1 unspecified atom stereocenters. The van der Waals surface area contributed by atoms with Gasteiger partial charge in [-0.05, 0) is 43.5 Å². The van der Waals surface area contributed by atoms with Crippen LogP contribution in [0.2, 0.25) is 0 Å². The second-order valence-electron chi connectivity index (χ2n) is 6.22. The Morgan fingerprint density at radius 2 is 2.14 bits per heavy atom. The Labute approximate surface area is 125 Å². The maximum Gasteiger partial charge on any atom is 0.419 e. The van der Waals surface area contributed by atoms with Crippen LogP contribution < -0.4 is 11.1 Å². The Morgan fingerprint density at radius 3 is 2.86 bits per heavy atom. The molecule has 1 saturated carbocycles. The van der Waals surface area contributed by atoms with E-state index in [4.69, 9.17) is 4.42 Å². The first-order valence-electron chi connectivity index (χ1n) is 7.96. The minimum atomic E-state index is -0.297. The highest BCUT2D eigenvalue weighted by atomic mass is 16.4. The van der Waals surface area contributed by atoms with Gasteiger partial charge in [0.05, 0.1) is 5.52 Å². The van der Waals surface area contributed by atoms with Crippen LogP contribution >= 0.6 is 0 Å². The Balaban J connectivity index is 1.77. The number of rotatable bonds is 5. The molecule has 1 aromatic heterocycles. The molecule has 0 saturated heterocycles. The first-order valence-corrected chi connectivity index (χ1v) is 7.96. The molecule has 114 valence electrons. The van der Waals surface area contributed by atoms with Crippen molar-refractivity contribution in [3.63, 3.8) is 0 Å². The van der Waals surface area contributed by atoms with Crippen molar-refractivity contribution in [3.05, 3.63) is 34.3 Å². The molecule has 0 bridgehead atoms. The molecular formula is C17H24N2O2. The summed E-state index contributed by atoms with van der Waals surface area (Å²) >= 11 is 0. The van der Waals surface area contributed by atoms with Gasteiger partial charge in [0.25, 0.3) is 0 Å². The zero-order valence-corrected chi connectivity index (χ0v) is 12.9. The predicted molar refractivity (Wildman–Crippen MR) is 84.4 cm³/mol. The number of nitrogens with zero attached hydrogens (tertiary/aromatic N) is 1. The van der Waals surface area contributed by atoms with Crippen LogP contribution in [0.3, 0.4) is 0 Å². The molecule has 0 aliphatic heterocycles. The standard InChI is InChI=1S/C17H24N2O2/c1-18-14(9-7-12-5-3-4-6-12)13-8-10-15-16(11-13)21-17(20)19(15)2/h8,10-12,14,18H,3-7,9H2,1-2H3. The van der Waals surface area contributed by atoms with Crippen molar-refractivity contribution < 1.29 is 4.42 Å². The minimum absolute atomic E-state index is 0.297. The van der Waals surface area contributed by atoms with Gasteiger partial charge in [-0.15, -0.1) is 0 Å². The molecule has 1 aliphatic rings. The van der Waals surface area contributed by atoms with E-state index in [9.17, 15) is 4.79 Å². The van der Waals surface area contributed by atoms with E-state index in [1.54, 1.807) is 11.6 Å². The van der Waals surface area contributed by atoms with Crippen molar-refractivity contribution in [2.75, 3.05) is 7.05 Å². The molecule has 0 radical (unpaired) electrons. The Morgan fingerprint density at radius 1 is 1.38 bits per heavy atom. The van der Waals surface area contributed by atoms with Gasteiger partial charge in [0.15, 0.2) is 5.58 Å². The van der Waals surface area contributed by atoms with Gasteiger partial charge in [-0.3, -0.25) is 4.57 Å². The van der Waals surface area contributed by atoms with Crippen molar-refractivity contribution >= 4 is 11.1 Å². The quantitative estimate of drug-likeness (QED) is 0.917. The fourth-order valence-electron chi connectivity index (χ4n) is 3.55. The van der Waals surface area contributed by atoms with Gasteiger partial charge in [-0.1, -0.05) is 31.7 Å². The van der Waals surface area contributed by atoms with E-state index in [0.29, 0.717) is 11.6 Å². The lowest BCUT2D eigenvalue weighted by Gasteiger charge is -2.18. The summed E-state index contributed by atoms with van der Waals surface area (Å²) in [6.45, 7) is 0. The molecule has 0 amide bonds. The van der Waals surface area contributed by atoms with Crippen LogP contribution in [0.4, 0.5) is 0 Å². The highest BCUT2D eigenvalue weighted by Gasteiger charge is 2.18. The van der Waals surface area contributed by atoms with Gasteiger partial charge >= 0.3 is 5.76 Å². The van der Waals surface area contributed by atoms with E-state index in [1.165, 1.54) is 37.7 Å². The van der Waals surface area contributed by atoms with Gasteiger partial charge in [-0.25, -0.2) is 4.79 Å². The van der Waals surface area contributed by atoms with Crippen molar-refractivity contribution in [2.45, 2.75) is 44.6 Å². The maximum atomic E-state index is 11.6. The van der Waals surface area contributed by atoms with Crippen LogP contribution in [0.5, 0.6) is 0 Å². The van der Waals surface area contributed by atoms with Crippen LogP contribution in [-0.4, -0.2) is 11.6 Å². The molecule has 1 atom stereocenters. The molecule has 1 heterocycles. The van der Waals surface area contributed by atoms with Crippen LogP contribution in [-0.2, 0) is 7.05 Å². The molecule has 0 spiro atoms. The van der Waals surface area contributed by atoms with Gasteiger partial charge < -0.3 is 9.73 Å². The number of benzene rings is 1. The monoisotopic (exact) mass is 288 g/mol. The van der Waals surface area contributed by atoms with Gasteiger partial charge in [0.2, 0.25) is 0 Å². The van der Waals surface area contributed by atoms with Crippen molar-refractivity contribution in [2.24, 2.45) is 13.0 Å². The summed E-state index contributed by atoms with van der Waals surface area (Å²) in [5.74, 6) is 0.605. The summed E-state index contributed by atoms with van der Waals surface area (Å²) in [7, 11) is 3.74. The van der Waals surface area contributed by atoms with Crippen LogP contribution in [0.1, 0.15) is 50.1 Å². The number of nitrogens with one attached hydrogen (secondary N) is 1. The zero-order chi connectivity index (χ0) is 14.8. The van der Waals surface area contributed by atoms with Crippen molar-refractivity contribution in [1.29, 1.82) is 0 Å². The zero-order valence-electron chi connectivity index (χ0n) is 12.9. The lowest BCUT2D eigenvalue weighted by Crippen LogP contribution is -2.17. The highest BCUT2D eigenvalue weighted by Crippen LogP contribution is 2.31. The lowest BCUT2D eigenvalue weighted by molar-refractivity contribution is 0.427. The van der Waals surface area contributed by atoms with Crippen LogP contribution in [0.25, 0.3) is 11.1 Å². The third-order valence-corrected chi connectivity index (χ3v) is 4.91. The van der Waals surface area contributed by atoms with E-state index < -0.39 is 0 Å². The highest BCUT2D eigenvalue weighted by molar-refractivity contribution is 5.73. The van der Waals surface area contributed by atoms with Crippen LogP contribution in [0, 0.1) is 5.92 Å². The average molecular weight is 288 g/mol. The molecule has 4 nitrogen and oxygen atoms in total. The molecular weight excluding hydrogens is 264 g/mol. The largest absolute Gasteiger partial charge is 0.419 e. The Hall–Kier alpha value is -1.55. The predicted octanol–water partition coefficient (Wildman–Crippen LogP) is 3.36. The van der Waals surface area contributed by atoms with E-state index in [1.807, 2.05) is 19.2 Å². The maximum absolute atomic E-state index is 11.6. The van der Waals surface area contributed by atoms with Crippen molar-refractivity contribution in [3.8, 4) is 0 Å². The number of fused-ring (bicyclic) bond motifs is 1. The van der Waals surface area contributed by atoms with Gasteiger partial charge in [-0.2, -0.15) is 0 Å². The summed E-state index contributed by atoms with van der Waals surface area (Å²) < 4.78 is 6.84. The number of hydrogen-bond donors (Lipinski definition) is 1. The summed E-state index contributed by atoms with van der Waals surface area (Å²) in [5.41, 5.74) is 2.74. The summed E-state index contributed by atoms with van der Waals surface area (Å²) in [6, 6.07) is 6.43. The molecule has 1 N–H and O–H groups in total. The second kappa shape index (κ2) is 6.06. The van der Waals surface area contributed by atoms with E-state index in [2.05, 4.69) is 11.4 Å². The van der Waals surface area contributed by atoms with E-state index >= 15 is 0 Å². The summed E-state index contributed by atoms with van der Waals surface area (Å²) in [6.07, 6.45) is 8.00. The van der Waals surface area contributed by atoms with Gasteiger partial charge in [0, 0.05) is 13.1 Å². The first kappa shape index (κ1) is 14.4. The topological polar surface area (TPSA) is 47.2 Å². The summed E-state index contributed by atoms with van der Waals surface area (Å²) in [5, 5.41) is 3.40. The smallest absolute Gasteiger partial charge is 0.408 e. The third kappa shape index (κ3) is 2.91. The molecule has 1 aromatic carbocycles. The van der Waals surface area contributed by atoms with Gasteiger partial charge in [0.1, 0.15) is 0 Å². The normalized spacial score (nSPS) is 17.6. The average Bonchev–Trinajstić information content (AvgIpc) is 3.09. The summed E-state index contributed by atoms with van der Waals surface area (Å²) in [4.78, 5) is 11.6. The van der Waals surface area contributed by atoms with E-state index in [0.717, 1.165) is 17.9 Å². The molecule has 3 rings (SSSR count). The fraction of sp³-hybridized carbons (Fsp3) is 0.588. The molecule has 21 heavy (non-hydrogen) atoms. The number of hydrogen-bond acceptors (Lipinski definition) is 3. The molecule has 4 heteroatoms. The second-order valence-corrected chi connectivity index (χ2v) is 6.22. The Kier molecular flexibility index (Phi) is 4.15.